The zero-order valence-electron chi connectivity index (χ0n) is 9.57. The van der Waals surface area contributed by atoms with Crippen molar-refractivity contribution >= 4 is 23.3 Å². The quantitative estimate of drug-likeness (QED) is 0.743. The zero-order chi connectivity index (χ0) is 12.4. The molecule has 17 heavy (non-hydrogen) atoms. The van der Waals surface area contributed by atoms with E-state index in [9.17, 15) is 9.59 Å². The fourth-order valence-corrected chi connectivity index (χ4v) is 1.70. The Balaban J connectivity index is 1.93. The molecule has 0 radical (unpaired) electrons. The molecule has 0 saturated heterocycles. The minimum Gasteiger partial charge on any atom is -0.351 e. The number of nitrogens with one attached hydrogen (secondary N) is 2. The SMILES string of the molecule is CC1CC1C(=O)Nc1ccc(NC(N)=O)cc1. The molecule has 1 aromatic rings. The van der Waals surface area contributed by atoms with E-state index in [1.165, 1.54) is 0 Å². The average Bonchev–Trinajstić information content (AvgIpc) is 2.98. The first-order valence-electron chi connectivity index (χ1n) is 5.53. The number of urea groups is 1. The minimum atomic E-state index is -0.603. The number of carbonyl (C=O) groups excluding carboxylic acids is 2. The van der Waals surface area contributed by atoms with E-state index >= 15 is 0 Å². The fourth-order valence-electron chi connectivity index (χ4n) is 1.70. The van der Waals surface area contributed by atoms with Crippen molar-refractivity contribution in [1.82, 2.24) is 0 Å². The Bertz CT molecular complexity index is 442. The molecule has 2 unspecified atom stereocenters. The molecule has 3 amide bonds. The fraction of sp³-hybridized carbons (Fsp3) is 0.333. The molecule has 0 heterocycles. The second-order valence-electron chi connectivity index (χ2n) is 4.38. The first-order chi connectivity index (χ1) is 8.06. The number of primary amides is 1. The van der Waals surface area contributed by atoms with Gasteiger partial charge in [0.05, 0.1) is 0 Å². The summed E-state index contributed by atoms with van der Waals surface area (Å²) in [5, 5.41) is 5.29. The molecular weight excluding hydrogens is 218 g/mol. The van der Waals surface area contributed by atoms with E-state index in [-0.39, 0.29) is 11.8 Å². The summed E-state index contributed by atoms with van der Waals surface area (Å²) in [6, 6.07) is 6.24. The molecule has 0 bridgehead atoms. The maximum atomic E-state index is 11.6. The first kappa shape index (κ1) is 11.4. The number of benzene rings is 1. The van der Waals surface area contributed by atoms with Gasteiger partial charge >= 0.3 is 6.03 Å². The van der Waals surface area contributed by atoms with Crippen LogP contribution in [0.25, 0.3) is 0 Å². The zero-order valence-corrected chi connectivity index (χ0v) is 9.57. The number of amides is 3. The third-order valence-electron chi connectivity index (χ3n) is 2.87. The monoisotopic (exact) mass is 233 g/mol. The summed E-state index contributed by atoms with van der Waals surface area (Å²) in [5.41, 5.74) is 6.32. The smallest absolute Gasteiger partial charge is 0.316 e. The predicted octanol–water partition coefficient (Wildman–Crippen LogP) is 1.77. The summed E-state index contributed by atoms with van der Waals surface area (Å²) in [6.45, 7) is 2.06. The first-order valence-corrected chi connectivity index (χ1v) is 5.53. The summed E-state index contributed by atoms with van der Waals surface area (Å²) in [4.78, 5) is 22.3. The topological polar surface area (TPSA) is 84.2 Å². The van der Waals surface area contributed by atoms with Crippen molar-refractivity contribution in [2.75, 3.05) is 10.6 Å². The van der Waals surface area contributed by atoms with Crippen molar-refractivity contribution in [1.29, 1.82) is 0 Å². The Hall–Kier alpha value is -2.04. The van der Waals surface area contributed by atoms with Crippen molar-refractivity contribution in [3.63, 3.8) is 0 Å². The van der Waals surface area contributed by atoms with Crippen LogP contribution >= 0.6 is 0 Å². The van der Waals surface area contributed by atoms with E-state index < -0.39 is 6.03 Å². The van der Waals surface area contributed by atoms with E-state index in [4.69, 9.17) is 5.73 Å². The Morgan fingerprint density at radius 2 is 1.65 bits per heavy atom. The second kappa shape index (κ2) is 4.45. The van der Waals surface area contributed by atoms with Gasteiger partial charge in [-0.3, -0.25) is 4.79 Å². The highest BCUT2D eigenvalue weighted by molar-refractivity contribution is 5.95. The molecule has 2 atom stereocenters. The lowest BCUT2D eigenvalue weighted by Gasteiger charge is -2.06. The molecule has 1 saturated carbocycles. The molecular formula is C12H15N3O2. The highest BCUT2D eigenvalue weighted by atomic mass is 16.2. The molecule has 90 valence electrons. The van der Waals surface area contributed by atoms with Crippen LogP contribution in [0.15, 0.2) is 24.3 Å². The summed E-state index contributed by atoms with van der Waals surface area (Å²) in [6.07, 6.45) is 0.965. The van der Waals surface area contributed by atoms with Crippen LogP contribution in [0.3, 0.4) is 0 Å². The highest BCUT2D eigenvalue weighted by Gasteiger charge is 2.38. The van der Waals surface area contributed by atoms with Crippen LogP contribution in [0.1, 0.15) is 13.3 Å². The van der Waals surface area contributed by atoms with Crippen LogP contribution in [0.4, 0.5) is 16.2 Å². The van der Waals surface area contributed by atoms with Crippen molar-refractivity contribution in [3.8, 4) is 0 Å². The maximum Gasteiger partial charge on any atom is 0.316 e. The molecule has 0 spiro atoms. The van der Waals surface area contributed by atoms with Crippen LogP contribution in [0.5, 0.6) is 0 Å². The van der Waals surface area contributed by atoms with Gasteiger partial charge in [-0.05, 0) is 36.6 Å². The third kappa shape index (κ3) is 2.96. The van der Waals surface area contributed by atoms with E-state index in [2.05, 4.69) is 17.6 Å². The van der Waals surface area contributed by atoms with Gasteiger partial charge in [-0.15, -0.1) is 0 Å². The molecule has 1 aliphatic carbocycles. The van der Waals surface area contributed by atoms with E-state index in [0.717, 1.165) is 12.1 Å². The van der Waals surface area contributed by atoms with Gasteiger partial charge in [0.15, 0.2) is 0 Å². The van der Waals surface area contributed by atoms with Crippen LogP contribution < -0.4 is 16.4 Å². The van der Waals surface area contributed by atoms with Gasteiger partial charge < -0.3 is 16.4 Å². The van der Waals surface area contributed by atoms with Crippen molar-refractivity contribution in [2.45, 2.75) is 13.3 Å². The van der Waals surface area contributed by atoms with Crippen molar-refractivity contribution in [3.05, 3.63) is 24.3 Å². The Labute approximate surface area is 99.4 Å². The summed E-state index contributed by atoms with van der Waals surface area (Å²) < 4.78 is 0. The molecule has 4 N–H and O–H groups in total. The van der Waals surface area contributed by atoms with Gasteiger partial charge in [-0.2, -0.15) is 0 Å². The molecule has 1 aliphatic rings. The second-order valence-corrected chi connectivity index (χ2v) is 4.38. The summed E-state index contributed by atoms with van der Waals surface area (Å²) in [5.74, 6) is 0.706. The number of anilines is 2. The van der Waals surface area contributed by atoms with E-state index in [0.29, 0.717) is 11.6 Å². The van der Waals surface area contributed by atoms with Crippen molar-refractivity contribution in [2.24, 2.45) is 17.6 Å². The molecule has 0 aliphatic heterocycles. The number of hydrogen-bond acceptors (Lipinski definition) is 2. The number of rotatable bonds is 3. The molecule has 5 heteroatoms. The molecule has 0 aromatic heterocycles. The van der Waals surface area contributed by atoms with E-state index in [1.54, 1.807) is 24.3 Å². The van der Waals surface area contributed by atoms with Crippen LogP contribution in [-0.2, 0) is 4.79 Å². The molecule has 2 rings (SSSR count). The Morgan fingerprint density at radius 1 is 1.18 bits per heavy atom. The van der Waals surface area contributed by atoms with Gasteiger partial charge in [-0.1, -0.05) is 6.92 Å². The number of nitrogens with two attached hydrogens (primary N) is 1. The predicted molar refractivity (Wildman–Crippen MR) is 65.5 cm³/mol. The lowest BCUT2D eigenvalue weighted by Crippen LogP contribution is -2.19. The third-order valence-corrected chi connectivity index (χ3v) is 2.87. The van der Waals surface area contributed by atoms with Gasteiger partial charge in [0, 0.05) is 17.3 Å². The lowest BCUT2D eigenvalue weighted by molar-refractivity contribution is -0.117. The normalized spacial score (nSPS) is 21.7. The highest BCUT2D eigenvalue weighted by Crippen LogP contribution is 2.38. The Morgan fingerprint density at radius 3 is 2.06 bits per heavy atom. The average molecular weight is 233 g/mol. The van der Waals surface area contributed by atoms with Gasteiger partial charge in [0.2, 0.25) is 5.91 Å². The Kier molecular flexibility index (Phi) is 2.99. The van der Waals surface area contributed by atoms with Gasteiger partial charge in [0.25, 0.3) is 0 Å². The maximum absolute atomic E-state index is 11.6. The van der Waals surface area contributed by atoms with Gasteiger partial charge in [-0.25, -0.2) is 4.79 Å². The van der Waals surface area contributed by atoms with Crippen LogP contribution in [0, 0.1) is 11.8 Å². The molecule has 1 fully saturated rings. The standard InChI is InChI=1S/C12H15N3O2/c1-7-6-10(7)11(16)14-8-2-4-9(5-3-8)15-12(13)17/h2-5,7,10H,6H2,1H3,(H,14,16)(H3,13,15,17). The van der Waals surface area contributed by atoms with Gasteiger partial charge in [0.1, 0.15) is 0 Å². The summed E-state index contributed by atoms with van der Waals surface area (Å²) in [7, 11) is 0. The molecule has 1 aromatic carbocycles. The number of hydrogen-bond donors (Lipinski definition) is 3. The van der Waals surface area contributed by atoms with Crippen LogP contribution in [0.2, 0.25) is 0 Å². The minimum absolute atomic E-state index is 0.0631. The van der Waals surface area contributed by atoms with Crippen molar-refractivity contribution < 1.29 is 9.59 Å². The largest absolute Gasteiger partial charge is 0.351 e. The van der Waals surface area contributed by atoms with Crippen LogP contribution in [-0.4, -0.2) is 11.9 Å². The lowest BCUT2D eigenvalue weighted by atomic mass is 10.2. The number of carbonyl (C=O) groups is 2. The van der Waals surface area contributed by atoms with E-state index in [1.807, 2.05) is 0 Å². The summed E-state index contributed by atoms with van der Waals surface area (Å²) >= 11 is 0. The molecule has 5 nitrogen and oxygen atoms in total.